The van der Waals surface area contributed by atoms with Gasteiger partial charge < -0.3 is 10.8 Å². The maximum Gasteiger partial charge on any atom is 0.333 e. The second kappa shape index (κ2) is 4.43. The van der Waals surface area contributed by atoms with Gasteiger partial charge in [-0.25, -0.2) is 4.79 Å². The molecule has 2 aromatic carbocycles. The van der Waals surface area contributed by atoms with Gasteiger partial charge in [0.15, 0.2) is 5.54 Å². The maximum atomic E-state index is 11.7. The number of nitrogens with two attached hydrogens (primary N) is 1. The fourth-order valence-corrected chi connectivity index (χ4v) is 2.20. The normalized spacial score (nSPS) is 14.1. The Bertz CT molecular complexity index is 769. The van der Waals surface area contributed by atoms with Gasteiger partial charge in [-0.05, 0) is 23.3 Å². The lowest BCUT2D eigenvalue weighted by Gasteiger charge is -2.25. The summed E-state index contributed by atoms with van der Waals surface area (Å²) in [7, 11) is 0. The Labute approximate surface area is 114 Å². The Morgan fingerprint density at radius 3 is 2.45 bits per heavy atom. The molecule has 6 nitrogen and oxygen atoms in total. The number of benzene rings is 2. The highest BCUT2D eigenvalue weighted by Gasteiger charge is 2.38. The molecule has 20 heavy (non-hydrogen) atoms. The molecule has 0 saturated carbocycles. The van der Waals surface area contributed by atoms with Crippen LogP contribution in [0.15, 0.2) is 48.5 Å². The van der Waals surface area contributed by atoms with Crippen LogP contribution < -0.4 is 5.73 Å². The summed E-state index contributed by atoms with van der Waals surface area (Å²) in [6, 6.07) is 13.7. The number of hydrogen-bond donors (Lipinski definition) is 3. The summed E-state index contributed by atoms with van der Waals surface area (Å²) in [5, 5.41) is 20.0. The molecule has 0 aliphatic rings. The molecule has 1 unspecified atom stereocenters. The van der Waals surface area contributed by atoms with Crippen molar-refractivity contribution in [3.63, 3.8) is 0 Å². The lowest BCUT2D eigenvalue weighted by atomic mass is 9.83. The van der Waals surface area contributed by atoms with Gasteiger partial charge in [-0.2, -0.15) is 15.4 Å². The van der Waals surface area contributed by atoms with Crippen molar-refractivity contribution >= 4 is 17.0 Å². The molecule has 0 spiro atoms. The molecular formula is C14H12N4O2. The number of hydrogen-bond acceptors (Lipinski definition) is 4. The highest BCUT2D eigenvalue weighted by Crippen LogP contribution is 2.28. The fourth-order valence-electron chi connectivity index (χ4n) is 2.20. The zero-order chi connectivity index (χ0) is 14.2. The van der Waals surface area contributed by atoms with Gasteiger partial charge in [0.05, 0.1) is 0 Å². The molecule has 100 valence electrons. The first-order chi connectivity index (χ1) is 9.62. The highest BCUT2D eigenvalue weighted by molar-refractivity contribution is 5.87. The number of carboxylic acids is 1. The second-order valence-electron chi connectivity index (χ2n) is 4.51. The number of nitrogens with one attached hydrogen (secondary N) is 1. The lowest BCUT2D eigenvalue weighted by molar-refractivity contribution is -0.142. The molecule has 1 heterocycles. The van der Waals surface area contributed by atoms with Crippen LogP contribution in [0.3, 0.4) is 0 Å². The number of carbonyl (C=O) groups is 1. The van der Waals surface area contributed by atoms with Crippen LogP contribution in [0, 0.1) is 0 Å². The quantitative estimate of drug-likeness (QED) is 0.663. The molecule has 0 fully saturated rings. The molecule has 0 radical (unpaired) electrons. The minimum absolute atomic E-state index is 0.456. The summed E-state index contributed by atoms with van der Waals surface area (Å²) in [5.41, 5.74) is 6.77. The third-order valence-corrected chi connectivity index (χ3v) is 3.34. The van der Waals surface area contributed by atoms with Crippen molar-refractivity contribution in [1.29, 1.82) is 0 Å². The zero-order valence-corrected chi connectivity index (χ0v) is 10.4. The first kappa shape index (κ1) is 12.3. The van der Waals surface area contributed by atoms with E-state index < -0.39 is 11.5 Å². The van der Waals surface area contributed by atoms with Gasteiger partial charge in [-0.1, -0.05) is 36.4 Å². The molecule has 4 N–H and O–H groups in total. The highest BCUT2D eigenvalue weighted by atomic mass is 16.4. The summed E-state index contributed by atoms with van der Waals surface area (Å²) in [4.78, 5) is 11.7. The Morgan fingerprint density at radius 2 is 1.75 bits per heavy atom. The van der Waals surface area contributed by atoms with Crippen molar-refractivity contribution in [1.82, 2.24) is 15.4 Å². The summed E-state index contributed by atoms with van der Waals surface area (Å²) >= 11 is 0. The Morgan fingerprint density at radius 1 is 1.05 bits per heavy atom. The van der Waals surface area contributed by atoms with Crippen molar-refractivity contribution < 1.29 is 9.90 Å². The lowest BCUT2D eigenvalue weighted by Crippen LogP contribution is -2.45. The molecule has 3 aromatic rings. The van der Waals surface area contributed by atoms with Crippen molar-refractivity contribution in [3.05, 3.63) is 59.7 Å². The Balaban J connectivity index is 2.22. The van der Waals surface area contributed by atoms with Crippen molar-refractivity contribution in [3.8, 4) is 0 Å². The SMILES string of the molecule is NC(C(=O)O)(c1ccccc1)c1ccc2n[nH]nc2c1. The fraction of sp³-hybridized carbons (Fsp3) is 0.0714. The van der Waals surface area contributed by atoms with Crippen LogP contribution in [-0.4, -0.2) is 26.5 Å². The van der Waals surface area contributed by atoms with Crippen molar-refractivity contribution in [2.45, 2.75) is 5.54 Å². The largest absolute Gasteiger partial charge is 0.479 e. The van der Waals surface area contributed by atoms with E-state index in [9.17, 15) is 9.90 Å². The molecule has 0 amide bonds. The van der Waals surface area contributed by atoms with E-state index in [1.54, 1.807) is 42.5 Å². The smallest absolute Gasteiger partial charge is 0.333 e. The number of aromatic nitrogens is 3. The van der Waals surface area contributed by atoms with Crippen LogP contribution in [0.2, 0.25) is 0 Å². The zero-order valence-electron chi connectivity index (χ0n) is 10.4. The van der Waals surface area contributed by atoms with Gasteiger partial charge in [-0.15, -0.1) is 0 Å². The monoisotopic (exact) mass is 268 g/mol. The molecule has 1 atom stereocenters. The van der Waals surface area contributed by atoms with Gasteiger partial charge >= 0.3 is 5.97 Å². The molecule has 0 saturated heterocycles. The molecule has 0 aliphatic carbocycles. The van der Waals surface area contributed by atoms with Crippen LogP contribution in [0.4, 0.5) is 0 Å². The van der Waals surface area contributed by atoms with Crippen LogP contribution in [-0.2, 0) is 10.3 Å². The first-order valence-corrected chi connectivity index (χ1v) is 6.01. The van der Waals surface area contributed by atoms with E-state index in [1.807, 2.05) is 6.07 Å². The van der Waals surface area contributed by atoms with E-state index in [0.29, 0.717) is 22.2 Å². The van der Waals surface area contributed by atoms with Gasteiger partial charge in [0.1, 0.15) is 11.0 Å². The number of nitrogens with zero attached hydrogens (tertiary/aromatic N) is 2. The predicted octanol–water partition coefficient (Wildman–Crippen LogP) is 1.24. The van der Waals surface area contributed by atoms with Gasteiger partial charge in [0, 0.05) is 0 Å². The predicted molar refractivity (Wildman–Crippen MR) is 72.9 cm³/mol. The van der Waals surface area contributed by atoms with E-state index in [1.165, 1.54) is 0 Å². The van der Waals surface area contributed by atoms with Crippen LogP contribution in [0.1, 0.15) is 11.1 Å². The van der Waals surface area contributed by atoms with E-state index in [2.05, 4.69) is 15.4 Å². The van der Waals surface area contributed by atoms with E-state index >= 15 is 0 Å². The topological polar surface area (TPSA) is 105 Å². The molecule has 0 bridgehead atoms. The van der Waals surface area contributed by atoms with Crippen molar-refractivity contribution in [2.75, 3.05) is 0 Å². The summed E-state index contributed by atoms with van der Waals surface area (Å²) in [5.74, 6) is -1.12. The van der Waals surface area contributed by atoms with Gasteiger partial charge in [0.2, 0.25) is 0 Å². The number of aliphatic carboxylic acids is 1. The summed E-state index contributed by atoms with van der Waals surface area (Å²) in [6.45, 7) is 0. The van der Waals surface area contributed by atoms with E-state index in [-0.39, 0.29) is 0 Å². The standard InChI is InChI=1S/C14H12N4O2/c15-14(13(19)20,9-4-2-1-3-5-9)10-6-7-11-12(8-10)17-18-16-11/h1-8H,15H2,(H,19,20)(H,16,17,18). The average Bonchev–Trinajstić information content (AvgIpc) is 2.94. The van der Waals surface area contributed by atoms with Crippen LogP contribution >= 0.6 is 0 Å². The molecule has 6 heteroatoms. The van der Waals surface area contributed by atoms with E-state index in [4.69, 9.17) is 5.73 Å². The third kappa shape index (κ3) is 1.74. The molecule has 0 aliphatic heterocycles. The maximum absolute atomic E-state index is 11.7. The van der Waals surface area contributed by atoms with Crippen LogP contribution in [0.25, 0.3) is 11.0 Å². The minimum Gasteiger partial charge on any atom is -0.479 e. The third-order valence-electron chi connectivity index (χ3n) is 3.34. The Kier molecular flexibility index (Phi) is 2.73. The Hall–Kier alpha value is -2.73. The van der Waals surface area contributed by atoms with E-state index in [0.717, 1.165) is 0 Å². The van der Waals surface area contributed by atoms with Gasteiger partial charge in [0.25, 0.3) is 0 Å². The molecular weight excluding hydrogens is 256 g/mol. The molecule has 3 rings (SSSR count). The second-order valence-corrected chi connectivity index (χ2v) is 4.51. The first-order valence-electron chi connectivity index (χ1n) is 6.01. The van der Waals surface area contributed by atoms with Gasteiger partial charge in [-0.3, -0.25) is 0 Å². The summed E-state index contributed by atoms with van der Waals surface area (Å²) < 4.78 is 0. The number of carboxylic acid groups (broad SMARTS) is 1. The number of fused-ring (bicyclic) bond motifs is 1. The minimum atomic E-state index is -1.62. The number of H-pyrrole nitrogens is 1. The number of aromatic amines is 1. The average molecular weight is 268 g/mol. The molecule has 1 aromatic heterocycles. The number of rotatable bonds is 3. The summed E-state index contributed by atoms with van der Waals surface area (Å²) in [6.07, 6.45) is 0. The van der Waals surface area contributed by atoms with Crippen LogP contribution in [0.5, 0.6) is 0 Å². The van der Waals surface area contributed by atoms with Crippen molar-refractivity contribution in [2.24, 2.45) is 5.73 Å².